The molecule has 2 aliphatic heterocycles. The van der Waals surface area contributed by atoms with Crippen molar-refractivity contribution in [1.82, 2.24) is 19.5 Å². The Morgan fingerprint density at radius 3 is 1.52 bits per heavy atom. The van der Waals surface area contributed by atoms with Gasteiger partial charge in [-0.05, 0) is 131 Å². The number of rotatable bonds is 10. The van der Waals surface area contributed by atoms with E-state index in [0.717, 1.165) is 94.9 Å². The van der Waals surface area contributed by atoms with E-state index in [1.54, 1.807) is 12.1 Å². The number of hydrogen-bond donors (Lipinski definition) is 0. The van der Waals surface area contributed by atoms with Gasteiger partial charge >= 0.3 is 5.97 Å². The van der Waals surface area contributed by atoms with E-state index in [1.165, 1.54) is 22.1 Å². The number of carbonyl (C=O) groups excluding carboxylic acids is 1. The maximum atomic E-state index is 13.5. The van der Waals surface area contributed by atoms with Crippen molar-refractivity contribution >= 4 is 85.0 Å². The molecule has 0 radical (unpaired) electrons. The molecule has 0 bridgehead atoms. The van der Waals surface area contributed by atoms with Gasteiger partial charge in [-0.25, -0.2) is 19.7 Å². The summed E-state index contributed by atoms with van der Waals surface area (Å²) in [6, 6.07) is 103. The third-order valence-corrected chi connectivity index (χ3v) is 16.5. The molecule has 14 aromatic rings. The molecule has 0 atom stereocenters. The van der Waals surface area contributed by atoms with Gasteiger partial charge in [0.25, 0.3) is 6.71 Å². The Bertz CT molecular complexity index is 4840. The van der Waals surface area contributed by atoms with E-state index >= 15 is 0 Å². The smallest absolute Gasteiger partial charge is 0.343 e. The quantitative estimate of drug-likeness (QED) is 0.0767. The Hall–Kier alpha value is -11.4. The Morgan fingerprint density at radius 1 is 0.353 bits per heavy atom. The van der Waals surface area contributed by atoms with Crippen LogP contribution in [0.2, 0.25) is 0 Å². The minimum Gasteiger partial charge on any atom is -0.423 e. The predicted octanol–water partition coefficient (Wildman–Crippen LogP) is 16.6. The number of para-hydroxylation sites is 5. The van der Waals surface area contributed by atoms with Crippen LogP contribution in [0.3, 0.4) is 0 Å². The van der Waals surface area contributed by atoms with Gasteiger partial charge in [0.05, 0.1) is 28.0 Å². The van der Waals surface area contributed by atoms with Gasteiger partial charge < -0.3 is 19.1 Å². The number of aromatic nitrogens is 4. The molecular weight excluding hydrogens is 1040 g/mol. The molecule has 0 fully saturated rings. The average Bonchev–Trinajstić information content (AvgIpc) is 1.47. The van der Waals surface area contributed by atoms with Crippen molar-refractivity contribution in [2.75, 3.05) is 9.80 Å². The van der Waals surface area contributed by atoms with E-state index in [0.29, 0.717) is 28.8 Å². The molecule has 2 aromatic heterocycles. The Balaban J connectivity index is 0.934. The largest absolute Gasteiger partial charge is 0.423 e. The van der Waals surface area contributed by atoms with Gasteiger partial charge in [0.1, 0.15) is 5.75 Å². The van der Waals surface area contributed by atoms with Gasteiger partial charge in [0.15, 0.2) is 17.5 Å². The van der Waals surface area contributed by atoms with E-state index in [2.05, 4.69) is 208 Å². The van der Waals surface area contributed by atoms with Gasteiger partial charge in [-0.15, -0.1) is 0 Å². The van der Waals surface area contributed by atoms with Crippen LogP contribution in [0.4, 0.5) is 34.1 Å². The average molecular weight is 1090 g/mol. The summed E-state index contributed by atoms with van der Waals surface area (Å²) >= 11 is 0. The number of anilines is 6. The van der Waals surface area contributed by atoms with Crippen molar-refractivity contribution in [3.05, 3.63) is 303 Å². The van der Waals surface area contributed by atoms with Crippen molar-refractivity contribution in [3.63, 3.8) is 0 Å². The van der Waals surface area contributed by atoms with Crippen LogP contribution in [0.1, 0.15) is 10.4 Å². The molecule has 0 amide bonds. The summed E-state index contributed by atoms with van der Waals surface area (Å²) in [4.78, 5) is 33.9. The number of nitrogens with zero attached hydrogens (tertiary/aromatic N) is 6. The molecule has 398 valence electrons. The topological polar surface area (TPSA) is 76.4 Å². The fraction of sp³-hybridized carbons (Fsp3) is 0. The minimum atomic E-state index is -0.413. The number of ether oxygens (including phenoxy) is 1. The highest BCUT2D eigenvalue weighted by molar-refractivity contribution is 7.00. The molecule has 0 unspecified atom stereocenters. The normalized spacial score (nSPS) is 12.2. The van der Waals surface area contributed by atoms with Crippen LogP contribution in [0.5, 0.6) is 5.75 Å². The summed E-state index contributed by atoms with van der Waals surface area (Å²) in [6.45, 7) is -0.0525. The molecule has 0 saturated carbocycles. The van der Waals surface area contributed by atoms with Crippen LogP contribution >= 0.6 is 0 Å². The first-order valence-corrected chi connectivity index (χ1v) is 28.6. The molecule has 85 heavy (non-hydrogen) atoms. The Kier molecular flexibility index (Phi) is 11.9. The molecule has 0 saturated heterocycles. The number of benzene rings is 12. The maximum Gasteiger partial charge on any atom is 0.343 e. The monoisotopic (exact) mass is 1090 g/mol. The summed E-state index contributed by atoms with van der Waals surface area (Å²) in [7, 11) is 0. The van der Waals surface area contributed by atoms with Crippen LogP contribution in [0.15, 0.2) is 297 Å². The lowest BCUT2D eigenvalue weighted by molar-refractivity contribution is 0.0735. The zero-order valence-corrected chi connectivity index (χ0v) is 45.9. The molecule has 0 N–H and O–H groups in total. The zero-order valence-electron chi connectivity index (χ0n) is 45.9. The van der Waals surface area contributed by atoms with Crippen LogP contribution < -0.4 is 30.9 Å². The molecule has 9 heteroatoms. The lowest BCUT2D eigenvalue weighted by atomic mass is 9.33. The fourth-order valence-electron chi connectivity index (χ4n) is 12.8. The van der Waals surface area contributed by atoms with Crippen molar-refractivity contribution < 1.29 is 9.53 Å². The van der Waals surface area contributed by atoms with E-state index in [4.69, 9.17) is 19.7 Å². The lowest BCUT2D eigenvalue weighted by Crippen LogP contribution is -2.61. The zero-order chi connectivity index (χ0) is 56.4. The summed E-state index contributed by atoms with van der Waals surface area (Å²) in [5.74, 6) is 1.77. The van der Waals surface area contributed by atoms with Crippen LogP contribution in [-0.2, 0) is 0 Å². The SMILES string of the molecule is O=C(Oc1ccc2c(c1)c1ccccc1n2-c1ccc(-c2nc(-c3ccccc3)nc(-c3ccccc3)n2)cc1-c1cccc(-c2ccc3c4c2N(c2ccccc2)c2ccccc2B4c2ccccc2N3c2ccccc2)c1)c1ccccc1. The van der Waals surface area contributed by atoms with E-state index < -0.39 is 5.97 Å². The van der Waals surface area contributed by atoms with Gasteiger partial charge in [-0.3, -0.25) is 0 Å². The van der Waals surface area contributed by atoms with E-state index in [1.807, 2.05) is 91.0 Å². The first-order chi connectivity index (χ1) is 42.1. The predicted molar refractivity (Wildman–Crippen MR) is 347 cm³/mol. The van der Waals surface area contributed by atoms with Gasteiger partial charge in [-0.2, -0.15) is 0 Å². The van der Waals surface area contributed by atoms with E-state index in [9.17, 15) is 4.79 Å². The summed E-state index contributed by atoms with van der Waals surface area (Å²) in [5.41, 5.74) is 20.6. The van der Waals surface area contributed by atoms with Gasteiger partial charge in [0, 0.05) is 67.0 Å². The highest BCUT2D eigenvalue weighted by atomic mass is 16.5. The minimum absolute atomic E-state index is 0.0525. The summed E-state index contributed by atoms with van der Waals surface area (Å²) in [5, 5.41) is 1.97. The third-order valence-electron chi connectivity index (χ3n) is 16.5. The lowest BCUT2D eigenvalue weighted by Gasteiger charge is -2.45. The van der Waals surface area contributed by atoms with Crippen molar-refractivity contribution in [1.29, 1.82) is 0 Å². The molecule has 2 aliphatic rings. The number of esters is 1. The van der Waals surface area contributed by atoms with Crippen LogP contribution in [0, 0.1) is 0 Å². The number of hydrogen-bond acceptors (Lipinski definition) is 7. The summed E-state index contributed by atoms with van der Waals surface area (Å²) < 4.78 is 8.39. The standard InChI is InChI=1S/C76H49BN6O2/c84-76(52-27-10-3-11-28-52)85-58-42-45-67-62(49-58)60-35-16-19-38-65(60)83(67)66-44-41-55(75-79-73(50-23-6-1-7-24-50)78-74(80-75)51-25-8-2-9-26-51)48-61(66)54-30-22-29-53(47-54)59-43-46-70-71-72(59)82(57-33-14-5-15-34-57)69-40-21-18-37-64(69)77(71)63-36-17-20-39-68(63)81(70)56-31-12-4-13-32-56/h1-49H. The number of carbonyl (C=O) groups is 1. The molecule has 0 aliphatic carbocycles. The Morgan fingerprint density at radius 2 is 0.859 bits per heavy atom. The summed E-state index contributed by atoms with van der Waals surface area (Å²) in [6.07, 6.45) is 0. The van der Waals surface area contributed by atoms with Gasteiger partial charge in [0.2, 0.25) is 0 Å². The number of fused-ring (bicyclic) bond motifs is 7. The third kappa shape index (κ3) is 8.47. The second kappa shape index (κ2) is 20.5. The van der Waals surface area contributed by atoms with Crippen LogP contribution in [-0.4, -0.2) is 32.2 Å². The second-order valence-corrected chi connectivity index (χ2v) is 21.4. The molecule has 0 spiro atoms. The highest BCUT2D eigenvalue weighted by Gasteiger charge is 2.44. The van der Waals surface area contributed by atoms with Crippen molar-refractivity contribution in [3.8, 4) is 67.9 Å². The highest BCUT2D eigenvalue weighted by Crippen LogP contribution is 2.49. The molecule has 12 aromatic carbocycles. The molecule has 4 heterocycles. The van der Waals surface area contributed by atoms with Crippen molar-refractivity contribution in [2.24, 2.45) is 0 Å². The molecule has 16 rings (SSSR count). The molecule has 8 nitrogen and oxygen atoms in total. The first-order valence-electron chi connectivity index (χ1n) is 28.6. The second-order valence-electron chi connectivity index (χ2n) is 21.4. The van der Waals surface area contributed by atoms with Crippen molar-refractivity contribution in [2.45, 2.75) is 0 Å². The molecular formula is C76H49BN6O2. The van der Waals surface area contributed by atoms with Crippen LogP contribution in [0.25, 0.3) is 83.9 Å². The maximum absolute atomic E-state index is 13.5. The first kappa shape index (κ1) is 49.4. The fourth-order valence-corrected chi connectivity index (χ4v) is 12.8. The van der Waals surface area contributed by atoms with E-state index in [-0.39, 0.29) is 6.71 Å². The van der Waals surface area contributed by atoms with Gasteiger partial charge in [-0.1, -0.05) is 194 Å². The Labute approximate surface area is 491 Å².